The first kappa shape index (κ1) is 28.1. The zero-order chi connectivity index (χ0) is 26.8. The predicted octanol–water partition coefficient (Wildman–Crippen LogP) is -0.138. The van der Waals surface area contributed by atoms with E-state index in [-0.39, 0.29) is 29.4 Å². The van der Waals surface area contributed by atoms with E-state index >= 15 is 0 Å². The summed E-state index contributed by atoms with van der Waals surface area (Å²) in [5, 5.41) is 40.7. The van der Waals surface area contributed by atoms with Crippen molar-refractivity contribution in [2.75, 3.05) is 19.6 Å². The summed E-state index contributed by atoms with van der Waals surface area (Å²) in [5.41, 5.74) is 12.0. The predicted molar refractivity (Wildman–Crippen MR) is 129 cm³/mol. The minimum Gasteiger partial charge on any atom is -0.507 e. The highest BCUT2D eigenvalue weighted by atomic mass is 16.4. The number of carbonyl (C=O) groups is 4. The zero-order valence-electron chi connectivity index (χ0n) is 19.7. The number of unbranched alkanes of at least 4 members (excludes halogenated alkanes) is 2. The molecule has 1 heterocycles. The number of phenols is 1. The molecule has 2 rings (SSSR count). The molecule has 36 heavy (non-hydrogen) atoms. The van der Waals surface area contributed by atoms with E-state index in [4.69, 9.17) is 22.0 Å². The number of hydrogen-bond acceptors (Lipinski definition) is 7. The summed E-state index contributed by atoms with van der Waals surface area (Å²) in [7, 11) is 0. The van der Waals surface area contributed by atoms with E-state index in [0.29, 0.717) is 45.3 Å². The molecule has 0 fully saturated rings. The van der Waals surface area contributed by atoms with Crippen LogP contribution in [0, 0.1) is 5.41 Å². The fraction of sp³-hybridized carbons (Fsp3) is 0.435. The van der Waals surface area contributed by atoms with E-state index in [1.54, 1.807) is 4.90 Å². The maximum atomic E-state index is 12.2. The Balaban J connectivity index is 1.68. The summed E-state index contributed by atoms with van der Waals surface area (Å²) < 4.78 is 0. The van der Waals surface area contributed by atoms with Gasteiger partial charge in [-0.2, -0.15) is 0 Å². The number of rotatable bonds is 13. The molecular formula is C23H32N6O7. The number of hydrogen-bond donors (Lipinski definition) is 8. The second-order valence-electron chi connectivity index (χ2n) is 8.46. The van der Waals surface area contributed by atoms with Crippen molar-refractivity contribution >= 4 is 29.7 Å². The summed E-state index contributed by atoms with van der Waals surface area (Å²) in [6.07, 6.45) is 3.99. The Bertz CT molecular complexity index is 1040. The third kappa shape index (κ3) is 8.27. The van der Waals surface area contributed by atoms with Crippen molar-refractivity contribution in [3.05, 3.63) is 41.0 Å². The van der Waals surface area contributed by atoms with E-state index in [1.807, 2.05) is 6.08 Å². The van der Waals surface area contributed by atoms with Gasteiger partial charge in [-0.1, -0.05) is 24.1 Å². The second-order valence-corrected chi connectivity index (χ2v) is 8.46. The number of carbonyl (C=O) groups excluding carboxylic acids is 2. The molecule has 13 nitrogen and oxygen atoms in total. The van der Waals surface area contributed by atoms with Crippen LogP contribution in [-0.2, 0) is 14.4 Å². The Kier molecular flexibility index (Phi) is 10.2. The summed E-state index contributed by atoms with van der Waals surface area (Å²) in [6.45, 7) is 1.38. The number of nitrogens with one attached hydrogen (secondary N) is 3. The smallest absolute Gasteiger partial charge is 0.339 e. The van der Waals surface area contributed by atoms with Gasteiger partial charge in [0, 0.05) is 26.1 Å². The summed E-state index contributed by atoms with van der Waals surface area (Å²) in [4.78, 5) is 48.6. The van der Waals surface area contributed by atoms with Gasteiger partial charge in [0.1, 0.15) is 11.3 Å². The second kappa shape index (κ2) is 13.1. The number of carboxylic acids is 2. The fourth-order valence-corrected chi connectivity index (χ4v) is 3.68. The lowest BCUT2D eigenvalue weighted by atomic mass is 10.0. The molecule has 0 aliphatic carbocycles. The third-order valence-electron chi connectivity index (χ3n) is 5.67. The lowest BCUT2D eigenvalue weighted by Crippen LogP contribution is -2.41. The van der Waals surface area contributed by atoms with Gasteiger partial charge in [0.2, 0.25) is 11.8 Å². The first-order chi connectivity index (χ1) is 17.0. The van der Waals surface area contributed by atoms with Crippen molar-refractivity contribution in [1.82, 2.24) is 15.5 Å². The number of aliphatic carboxylic acids is 1. The molecule has 1 aliphatic heterocycles. The Morgan fingerprint density at radius 1 is 1.14 bits per heavy atom. The first-order valence-electron chi connectivity index (χ1n) is 11.4. The highest BCUT2D eigenvalue weighted by molar-refractivity contribution is 5.91. The van der Waals surface area contributed by atoms with Crippen LogP contribution in [0.15, 0.2) is 29.8 Å². The number of guanidine groups is 1. The van der Waals surface area contributed by atoms with Gasteiger partial charge in [-0.15, -0.1) is 0 Å². The van der Waals surface area contributed by atoms with Gasteiger partial charge in [0.25, 0.3) is 0 Å². The topological polar surface area (TPSA) is 232 Å². The first-order valence-corrected chi connectivity index (χ1v) is 11.4. The Labute approximate surface area is 207 Å². The van der Waals surface area contributed by atoms with Gasteiger partial charge in [0.15, 0.2) is 12.0 Å². The minimum atomic E-state index is -1.44. The summed E-state index contributed by atoms with van der Waals surface area (Å²) >= 11 is 0. The average molecular weight is 505 g/mol. The van der Waals surface area contributed by atoms with Crippen LogP contribution in [-0.4, -0.2) is 75.6 Å². The highest BCUT2D eigenvalue weighted by Gasteiger charge is 2.24. The van der Waals surface area contributed by atoms with Crippen molar-refractivity contribution in [3.63, 3.8) is 0 Å². The molecule has 1 aromatic rings. The van der Waals surface area contributed by atoms with Crippen LogP contribution in [0.3, 0.4) is 0 Å². The van der Waals surface area contributed by atoms with Crippen LogP contribution in [0.4, 0.5) is 0 Å². The molecule has 0 spiro atoms. The molecule has 1 aliphatic rings. The third-order valence-corrected chi connectivity index (χ3v) is 5.67. The number of benzene rings is 1. The number of aromatic hydroxyl groups is 1. The number of nitrogens with two attached hydrogens (primary N) is 2. The number of carboxylic acid groups (broad SMARTS) is 2. The van der Waals surface area contributed by atoms with Gasteiger partial charge < -0.3 is 42.3 Å². The van der Waals surface area contributed by atoms with Crippen molar-refractivity contribution in [3.8, 4) is 5.75 Å². The molecule has 1 aromatic carbocycles. The van der Waals surface area contributed by atoms with Crippen LogP contribution in [0.2, 0.25) is 0 Å². The molecule has 0 radical (unpaired) electrons. The number of amides is 2. The number of aromatic carboxylic acids is 1. The van der Waals surface area contributed by atoms with E-state index in [1.165, 1.54) is 6.07 Å². The van der Waals surface area contributed by atoms with Gasteiger partial charge in [0.05, 0.1) is 6.04 Å². The molecule has 0 aromatic heterocycles. The normalized spacial score (nSPS) is 14.5. The van der Waals surface area contributed by atoms with Crippen molar-refractivity contribution in [2.45, 2.75) is 44.2 Å². The maximum absolute atomic E-state index is 12.2. The van der Waals surface area contributed by atoms with Gasteiger partial charge in [-0.05, 0) is 37.0 Å². The standard InChI is InChI=1S/C23H32N6O7/c24-16(10-13-7-9-29(12-13)23(25)26)20(32)27-8-3-1-2-4-18(31)28-19(22(35)36)14-5-6-15(21(33)34)17(30)11-14/h5-7,11,16,19,30H,1-4,8-10,12,24H2,(H3,25,26)(H,27,32)(H,28,31)(H,33,34)(H,35,36). The minimum absolute atomic E-state index is 0.0277. The molecule has 13 heteroatoms. The maximum Gasteiger partial charge on any atom is 0.339 e. The lowest BCUT2D eigenvalue weighted by Gasteiger charge is -2.17. The molecule has 0 saturated carbocycles. The lowest BCUT2D eigenvalue weighted by molar-refractivity contribution is -0.142. The van der Waals surface area contributed by atoms with Crippen molar-refractivity contribution in [1.29, 1.82) is 5.41 Å². The Morgan fingerprint density at radius 2 is 1.86 bits per heavy atom. The van der Waals surface area contributed by atoms with Crippen LogP contribution < -0.4 is 22.1 Å². The monoisotopic (exact) mass is 504 g/mol. The van der Waals surface area contributed by atoms with E-state index in [9.17, 15) is 29.4 Å². The zero-order valence-corrected chi connectivity index (χ0v) is 19.7. The van der Waals surface area contributed by atoms with Gasteiger partial charge in [-0.3, -0.25) is 15.0 Å². The molecule has 2 amide bonds. The average Bonchev–Trinajstić information content (AvgIpc) is 3.27. The van der Waals surface area contributed by atoms with Crippen LogP contribution in [0.25, 0.3) is 0 Å². The quantitative estimate of drug-likeness (QED) is 0.0766. The highest BCUT2D eigenvalue weighted by Crippen LogP contribution is 2.23. The molecule has 0 saturated heterocycles. The largest absolute Gasteiger partial charge is 0.507 e. The van der Waals surface area contributed by atoms with Gasteiger partial charge >= 0.3 is 11.9 Å². The van der Waals surface area contributed by atoms with E-state index < -0.39 is 35.7 Å². The molecule has 0 bridgehead atoms. The van der Waals surface area contributed by atoms with Gasteiger partial charge in [-0.25, -0.2) is 9.59 Å². The summed E-state index contributed by atoms with van der Waals surface area (Å²) in [5.74, 6) is -4.15. The van der Waals surface area contributed by atoms with Crippen molar-refractivity contribution in [2.24, 2.45) is 11.5 Å². The fourth-order valence-electron chi connectivity index (χ4n) is 3.68. The van der Waals surface area contributed by atoms with Crippen LogP contribution >= 0.6 is 0 Å². The Morgan fingerprint density at radius 3 is 2.44 bits per heavy atom. The molecule has 2 atom stereocenters. The Hall–Kier alpha value is -4.13. The molecule has 196 valence electrons. The van der Waals surface area contributed by atoms with E-state index in [0.717, 1.165) is 17.7 Å². The van der Waals surface area contributed by atoms with Crippen LogP contribution in [0.1, 0.15) is 54.1 Å². The molecular weight excluding hydrogens is 472 g/mol. The summed E-state index contributed by atoms with van der Waals surface area (Å²) in [6, 6.07) is 1.13. The SMILES string of the molecule is N=C(N)N1CC=C(CC(N)C(=O)NCCCCCC(=O)NC(C(=O)O)c2ccc(C(=O)O)c(O)c2)C1. The molecule has 2 unspecified atom stereocenters. The van der Waals surface area contributed by atoms with Crippen molar-refractivity contribution < 1.29 is 34.5 Å². The molecule has 10 N–H and O–H groups in total. The van der Waals surface area contributed by atoms with E-state index in [2.05, 4.69) is 10.6 Å². The number of nitrogens with zero attached hydrogens (tertiary/aromatic N) is 1. The van der Waals surface area contributed by atoms with Crippen LogP contribution in [0.5, 0.6) is 5.75 Å².